The lowest BCUT2D eigenvalue weighted by Crippen LogP contribution is -2.41. The number of oxazole rings is 1. The number of aliphatic hydroxyl groups excluding tert-OH is 1. The van der Waals surface area contributed by atoms with Gasteiger partial charge in [0.2, 0.25) is 5.91 Å². The molecule has 2 bridgehead atoms. The van der Waals surface area contributed by atoms with Crippen LogP contribution in [0.2, 0.25) is 0 Å². The van der Waals surface area contributed by atoms with Crippen LogP contribution >= 0.6 is 0 Å². The highest BCUT2D eigenvalue weighted by Crippen LogP contribution is 2.22. The molecule has 0 aromatic carbocycles. The number of ether oxygens (including phenoxy) is 1. The fraction of sp³-hybridized carbons (Fsp3) is 0.520. The normalized spacial score (nSPS) is 29.4. The van der Waals surface area contributed by atoms with Crippen molar-refractivity contribution in [1.29, 1.82) is 0 Å². The van der Waals surface area contributed by atoms with Gasteiger partial charge < -0.3 is 24.5 Å². The summed E-state index contributed by atoms with van der Waals surface area (Å²) in [5.41, 5.74) is 1.05. The standard InChI is InChI=1S/C25H33N3O6/c1-17-6-4-12-26-22(30)11-10-18(2)15-34-25(32)21-8-5-13-28(21)24(31)20-16-33-23(27-20)9-3-7-19(29)14-17/h4,6,10-11,14,16,18-19,21,29H,3,5,7-9,12-13,15H2,1-2H3,(H,26,30)/b6-4+,11-10+,17-14+/t18-,19+,21-/m1/s1. The van der Waals surface area contributed by atoms with Crippen molar-refractivity contribution >= 4 is 17.8 Å². The van der Waals surface area contributed by atoms with Gasteiger partial charge in [0.1, 0.15) is 12.3 Å². The average molecular weight is 472 g/mol. The van der Waals surface area contributed by atoms with E-state index >= 15 is 0 Å². The molecule has 0 saturated carbocycles. The van der Waals surface area contributed by atoms with Crippen LogP contribution in [0.4, 0.5) is 0 Å². The number of aromatic nitrogens is 1. The number of carbonyl (C=O) groups is 3. The molecule has 1 aromatic heterocycles. The number of fused-ring (bicyclic) bond motifs is 3. The Labute approximate surface area is 199 Å². The second-order valence-electron chi connectivity index (χ2n) is 8.77. The van der Waals surface area contributed by atoms with Crippen LogP contribution in [0.1, 0.15) is 55.9 Å². The van der Waals surface area contributed by atoms with Gasteiger partial charge in [0.05, 0.1) is 12.7 Å². The molecule has 2 aliphatic heterocycles. The van der Waals surface area contributed by atoms with Crippen LogP contribution < -0.4 is 5.32 Å². The van der Waals surface area contributed by atoms with Gasteiger partial charge in [0, 0.05) is 25.4 Å². The quantitative estimate of drug-likeness (QED) is 0.557. The Bertz CT molecular complexity index is 964. The summed E-state index contributed by atoms with van der Waals surface area (Å²) >= 11 is 0. The average Bonchev–Trinajstić information content (AvgIpc) is 3.48. The van der Waals surface area contributed by atoms with Crippen molar-refractivity contribution in [3.63, 3.8) is 0 Å². The first-order valence-corrected chi connectivity index (χ1v) is 11.7. The van der Waals surface area contributed by atoms with Crippen LogP contribution in [0.15, 0.2) is 46.6 Å². The van der Waals surface area contributed by atoms with E-state index in [0.717, 1.165) is 5.57 Å². The molecule has 3 heterocycles. The summed E-state index contributed by atoms with van der Waals surface area (Å²) in [5, 5.41) is 13.0. The smallest absolute Gasteiger partial charge is 0.328 e. The van der Waals surface area contributed by atoms with Gasteiger partial charge in [-0.2, -0.15) is 0 Å². The van der Waals surface area contributed by atoms with Crippen LogP contribution in [0, 0.1) is 5.92 Å². The molecule has 2 N–H and O–H groups in total. The summed E-state index contributed by atoms with van der Waals surface area (Å²) in [6.45, 7) is 4.63. The monoisotopic (exact) mass is 471 g/mol. The first kappa shape index (κ1) is 25.4. The highest BCUT2D eigenvalue weighted by atomic mass is 16.5. The van der Waals surface area contributed by atoms with Crippen LogP contribution in [-0.4, -0.2) is 64.6 Å². The minimum atomic E-state index is -0.661. The Hall–Kier alpha value is -3.20. The summed E-state index contributed by atoms with van der Waals surface area (Å²) in [5.74, 6) is -0.809. The molecule has 3 atom stereocenters. The molecule has 2 amide bonds. The third kappa shape index (κ3) is 7.41. The van der Waals surface area contributed by atoms with Crippen molar-refractivity contribution in [2.75, 3.05) is 19.7 Å². The van der Waals surface area contributed by atoms with Crippen molar-refractivity contribution < 1.29 is 28.6 Å². The molecule has 0 unspecified atom stereocenters. The van der Waals surface area contributed by atoms with E-state index < -0.39 is 18.1 Å². The van der Waals surface area contributed by atoms with Gasteiger partial charge in [-0.25, -0.2) is 9.78 Å². The van der Waals surface area contributed by atoms with Gasteiger partial charge in [-0.15, -0.1) is 0 Å². The molecular formula is C25H33N3O6. The van der Waals surface area contributed by atoms with E-state index in [1.165, 1.54) is 17.2 Å². The predicted molar refractivity (Wildman–Crippen MR) is 125 cm³/mol. The maximum absolute atomic E-state index is 13.0. The van der Waals surface area contributed by atoms with Gasteiger partial charge >= 0.3 is 5.97 Å². The molecule has 9 nitrogen and oxygen atoms in total. The van der Waals surface area contributed by atoms with E-state index in [-0.39, 0.29) is 30.0 Å². The third-order valence-electron chi connectivity index (χ3n) is 5.74. The van der Waals surface area contributed by atoms with Crippen molar-refractivity contribution in [2.24, 2.45) is 5.92 Å². The predicted octanol–water partition coefficient (Wildman–Crippen LogP) is 2.33. The maximum atomic E-state index is 13.0. The minimum absolute atomic E-state index is 0.113. The molecule has 0 radical (unpaired) electrons. The lowest BCUT2D eigenvalue weighted by Gasteiger charge is -2.22. The molecule has 184 valence electrons. The van der Waals surface area contributed by atoms with Gasteiger partial charge in [0.25, 0.3) is 5.91 Å². The Morgan fingerprint density at radius 1 is 1.18 bits per heavy atom. The van der Waals surface area contributed by atoms with Crippen molar-refractivity contribution in [2.45, 2.75) is 58.1 Å². The van der Waals surface area contributed by atoms with Crippen molar-refractivity contribution in [3.05, 3.63) is 53.8 Å². The van der Waals surface area contributed by atoms with Crippen LogP contribution in [0.25, 0.3) is 0 Å². The Balaban J connectivity index is 1.73. The Morgan fingerprint density at radius 2 is 2.00 bits per heavy atom. The molecule has 34 heavy (non-hydrogen) atoms. The Kier molecular flexibility index (Phi) is 9.21. The zero-order valence-electron chi connectivity index (χ0n) is 19.7. The molecule has 9 heteroatoms. The molecule has 1 aromatic rings. The summed E-state index contributed by atoms with van der Waals surface area (Å²) in [6, 6.07) is -0.661. The molecule has 3 rings (SSSR count). The van der Waals surface area contributed by atoms with Gasteiger partial charge in [-0.3, -0.25) is 9.59 Å². The van der Waals surface area contributed by atoms with Crippen LogP contribution in [-0.2, 0) is 20.7 Å². The van der Waals surface area contributed by atoms with E-state index in [2.05, 4.69) is 10.3 Å². The summed E-state index contributed by atoms with van der Waals surface area (Å²) in [6.07, 6.45) is 12.0. The number of aliphatic hydroxyl groups is 1. The number of carbonyl (C=O) groups excluding carboxylic acids is 3. The number of nitrogens with one attached hydrogen (secondary N) is 1. The Morgan fingerprint density at radius 3 is 2.82 bits per heavy atom. The maximum Gasteiger partial charge on any atom is 0.328 e. The SMILES string of the molecule is CC1=C\[C@@H](O)CCCc2nc(co2)C(=O)N2CCC[C@@H]2C(=O)OC[C@H](C)/C=C/C(=O)NC\C=C\1. The summed E-state index contributed by atoms with van der Waals surface area (Å²) < 4.78 is 10.9. The van der Waals surface area contributed by atoms with Gasteiger partial charge in [-0.05, 0) is 38.7 Å². The van der Waals surface area contributed by atoms with Crippen molar-refractivity contribution in [3.8, 4) is 0 Å². The molecule has 1 fully saturated rings. The lowest BCUT2D eigenvalue weighted by molar-refractivity contribution is -0.149. The number of nitrogens with zero attached hydrogens (tertiary/aromatic N) is 2. The fourth-order valence-electron chi connectivity index (χ4n) is 3.91. The molecule has 0 spiro atoms. The van der Waals surface area contributed by atoms with Gasteiger partial charge in [0.15, 0.2) is 11.6 Å². The third-order valence-corrected chi connectivity index (χ3v) is 5.74. The molecule has 2 aliphatic rings. The van der Waals surface area contributed by atoms with E-state index in [9.17, 15) is 19.5 Å². The minimum Gasteiger partial charge on any atom is -0.464 e. The first-order chi connectivity index (χ1) is 16.3. The number of hydrogen-bond donors (Lipinski definition) is 2. The van der Waals surface area contributed by atoms with E-state index in [0.29, 0.717) is 51.1 Å². The summed E-state index contributed by atoms with van der Waals surface area (Å²) in [7, 11) is 0. The number of hydrogen-bond acceptors (Lipinski definition) is 7. The van der Waals surface area contributed by atoms with Gasteiger partial charge in [-0.1, -0.05) is 36.8 Å². The number of cyclic esters (lactones) is 1. The summed E-state index contributed by atoms with van der Waals surface area (Å²) in [4.78, 5) is 43.4. The second kappa shape index (κ2) is 12.3. The van der Waals surface area contributed by atoms with Crippen LogP contribution in [0.5, 0.6) is 0 Å². The highest BCUT2D eigenvalue weighted by Gasteiger charge is 2.36. The van der Waals surface area contributed by atoms with Crippen molar-refractivity contribution in [1.82, 2.24) is 15.2 Å². The molecule has 0 aliphatic carbocycles. The largest absolute Gasteiger partial charge is 0.464 e. The van der Waals surface area contributed by atoms with E-state index in [4.69, 9.17) is 9.15 Å². The number of rotatable bonds is 0. The van der Waals surface area contributed by atoms with E-state index in [1.54, 1.807) is 12.2 Å². The first-order valence-electron chi connectivity index (χ1n) is 11.7. The zero-order chi connectivity index (χ0) is 24.5. The van der Waals surface area contributed by atoms with E-state index in [1.807, 2.05) is 26.0 Å². The highest BCUT2D eigenvalue weighted by molar-refractivity contribution is 5.95. The molecular weight excluding hydrogens is 438 g/mol. The number of aryl methyl sites for hydroxylation is 1. The number of esters is 1. The topological polar surface area (TPSA) is 122 Å². The lowest BCUT2D eigenvalue weighted by atomic mass is 10.1. The fourth-order valence-corrected chi connectivity index (χ4v) is 3.91. The van der Waals surface area contributed by atoms with Crippen LogP contribution in [0.3, 0.4) is 0 Å². The second-order valence-corrected chi connectivity index (χ2v) is 8.77. The molecule has 1 saturated heterocycles. The number of allylic oxidation sites excluding steroid dienone is 2. The zero-order valence-corrected chi connectivity index (χ0v) is 19.7. The number of amides is 2.